The van der Waals surface area contributed by atoms with Crippen molar-refractivity contribution in [3.8, 4) is 0 Å². The maximum absolute atomic E-state index is 13.1. The highest BCUT2D eigenvalue weighted by Crippen LogP contribution is 2.13. The zero-order chi connectivity index (χ0) is 14.5. The van der Waals surface area contributed by atoms with Crippen molar-refractivity contribution in [1.29, 1.82) is 0 Å². The summed E-state index contributed by atoms with van der Waals surface area (Å²) in [6.07, 6.45) is 0.643. The molecule has 1 saturated heterocycles. The molecule has 0 bridgehead atoms. The minimum atomic E-state index is -1.14. The molecule has 2 atom stereocenters. The number of carboxylic acids is 1. The molecule has 108 valence electrons. The van der Waals surface area contributed by atoms with Gasteiger partial charge in [0, 0.05) is 13.0 Å². The minimum absolute atomic E-state index is 0.0480. The number of aliphatic carboxylic acids is 1. The van der Waals surface area contributed by atoms with Gasteiger partial charge < -0.3 is 15.2 Å². The molecule has 1 aromatic carbocycles. The van der Waals surface area contributed by atoms with Gasteiger partial charge >= 0.3 is 5.97 Å². The molecule has 1 amide bonds. The molecule has 0 saturated carbocycles. The van der Waals surface area contributed by atoms with Gasteiger partial charge in [0.1, 0.15) is 11.9 Å². The first-order valence-corrected chi connectivity index (χ1v) is 6.41. The van der Waals surface area contributed by atoms with Gasteiger partial charge in [-0.3, -0.25) is 4.79 Å². The number of amides is 1. The van der Waals surface area contributed by atoms with Crippen LogP contribution in [0.3, 0.4) is 0 Å². The fourth-order valence-corrected chi connectivity index (χ4v) is 2.13. The Labute approximate surface area is 115 Å². The summed E-state index contributed by atoms with van der Waals surface area (Å²) in [4.78, 5) is 23.1. The molecule has 5 nitrogen and oxygen atoms in total. The number of halogens is 1. The lowest BCUT2D eigenvalue weighted by molar-refractivity contribution is -0.142. The lowest BCUT2D eigenvalue weighted by atomic mass is 10.0. The molecule has 1 fully saturated rings. The third-order valence-electron chi connectivity index (χ3n) is 3.24. The van der Waals surface area contributed by atoms with Crippen LogP contribution in [-0.4, -0.2) is 36.2 Å². The van der Waals surface area contributed by atoms with Crippen molar-refractivity contribution in [2.45, 2.75) is 18.9 Å². The van der Waals surface area contributed by atoms with Crippen LogP contribution in [0.1, 0.15) is 12.0 Å². The highest BCUT2D eigenvalue weighted by molar-refractivity contribution is 5.85. The van der Waals surface area contributed by atoms with Crippen LogP contribution >= 0.6 is 0 Å². The topological polar surface area (TPSA) is 75.6 Å². The Balaban J connectivity index is 2.00. The van der Waals surface area contributed by atoms with Crippen LogP contribution in [0.15, 0.2) is 24.3 Å². The molecule has 0 radical (unpaired) electrons. The molecule has 20 heavy (non-hydrogen) atoms. The second-order valence-electron chi connectivity index (χ2n) is 4.79. The molecule has 1 aromatic rings. The van der Waals surface area contributed by atoms with E-state index < -0.39 is 17.8 Å². The normalized spacial score (nSPS) is 19.6. The van der Waals surface area contributed by atoms with E-state index in [4.69, 9.17) is 9.84 Å². The number of rotatable bonds is 5. The Morgan fingerprint density at radius 1 is 1.50 bits per heavy atom. The van der Waals surface area contributed by atoms with Gasteiger partial charge in [0.25, 0.3) is 0 Å². The first-order valence-electron chi connectivity index (χ1n) is 6.41. The summed E-state index contributed by atoms with van der Waals surface area (Å²) >= 11 is 0. The SMILES string of the molecule is O=C(N[C@H](Cc1cccc(F)c1)C(=O)O)[C@@H]1CCOC1. The van der Waals surface area contributed by atoms with E-state index in [2.05, 4.69) is 5.32 Å². The number of hydrogen-bond donors (Lipinski definition) is 2. The number of carbonyl (C=O) groups excluding carboxylic acids is 1. The second-order valence-corrected chi connectivity index (χ2v) is 4.79. The molecule has 0 unspecified atom stereocenters. The van der Waals surface area contributed by atoms with Crippen molar-refractivity contribution < 1.29 is 23.8 Å². The number of nitrogens with one attached hydrogen (secondary N) is 1. The predicted octanol–water partition coefficient (Wildman–Crippen LogP) is 0.974. The maximum Gasteiger partial charge on any atom is 0.326 e. The van der Waals surface area contributed by atoms with E-state index >= 15 is 0 Å². The van der Waals surface area contributed by atoms with E-state index in [1.807, 2.05) is 0 Å². The summed E-state index contributed by atoms with van der Waals surface area (Å²) < 4.78 is 18.2. The third-order valence-corrected chi connectivity index (χ3v) is 3.24. The van der Waals surface area contributed by atoms with E-state index in [9.17, 15) is 14.0 Å². The standard InChI is InChI=1S/C14H16FNO4/c15-11-3-1-2-9(6-11)7-12(14(18)19)16-13(17)10-4-5-20-8-10/h1-3,6,10,12H,4-5,7-8H2,(H,16,17)(H,18,19)/t10-,12-/m1/s1. The van der Waals surface area contributed by atoms with Gasteiger partial charge in [-0.25, -0.2) is 9.18 Å². The molecule has 2 N–H and O–H groups in total. The Morgan fingerprint density at radius 2 is 2.30 bits per heavy atom. The maximum atomic E-state index is 13.1. The first-order chi connectivity index (χ1) is 9.56. The van der Waals surface area contributed by atoms with Gasteiger partial charge in [0.15, 0.2) is 0 Å². The Hall–Kier alpha value is -1.95. The number of benzene rings is 1. The van der Waals surface area contributed by atoms with E-state index in [0.29, 0.717) is 25.2 Å². The van der Waals surface area contributed by atoms with Crippen molar-refractivity contribution in [3.05, 3.63) is 35.6 Å². The van der Waals surface area contributed by atoms with Gasteiger partial charge in [-0.15, -0.1) is 0 Å². The van der Waals surface area contributed by atoms with Crippen LogP contribution in [0.5, 0.6) is 0 Å². The van der Waals surface area contributed by atoms with Gasteiger partial charge in [-0.2, -0.15) is 0 Å². The largest absolute Gasteiger partial charge is 0.480 e. The number of ether oxygens (including phenoxy) is 1. The Morgan fingerprint density at radius 3 is 2.90 bits per heavy atom. The van der Waals surface area contributed by atoms with Gasteiger partial charge in [-0.05, 0) is 24.1 Å². The molecular weight excluding hydrogens is 265 g/mol. The molecule has 1 heterocycles. The molecule has 6 heteroatoms. The lowest BCUT2D eigenvalue weighted by Crippen LogP contribution is -2.45. The van der Waals surface area contributed by atoms with Crippen LogP contribution < -0.4 is 5.32 Å². The van der Waals surface area contributed by atoms with Crippen molar-refractivity contribution in [3.63, 3.8) is 0 Å². The molecule has 2 rings (SSSR count). The zero-order valence-corrected chi connectivity index (χ0v) is 10.8. The average Bonchev–Trinajstić information content (AvgIpc) is 2.91. The highest BCUT2D eigenvalue weighted by Gasteiger charge is 2.28. The molecule has 1 aliphatic rings. The molecule has 0 aliphatic carbocycles. The molecule has 1 aliphatic heterocycles. The van der Waals surface area contributed by atoms with Crippen molar-refractivity contribution in [1.82, 2.24) is 5.32 Å². The monoisotopic (exact) mass is 281 g/mol. The van der Waals surface area contributed by atoms with Crippen LogP contribution in [0.25, 0.3) is 0 Å². The van der Waals surface area contributed by atoms with Gasteiger partial charge in [0.05, 0.1) is 12.5 Å². The predicted molar refractivity (Wildman–Crippen MR) is 68.6 cm³/mol. The van der Waals surface area contributed by atoms with Crippen LogP contribution in [-0.2, 0) is 20.7 Å². The minimum Gasteiger partial charge on any atom is -0.480 e. The summed E-state index contributed by atoms with van der Waals surface area (Å²) in [5, 5.41) is 11.6. The summed E-state index contributed by atoms with van der Waals surface area (Å²) in [7, 11) is 0. The van der Waals surface area contributed by atoms with Crippen LogP contribution in [0.2, 0.25) is 0 Å². The summed E-state index contributed by atoms with van der Waals surface area (Å²) in [6.45, 7) is 0.831. The van der Waals surface area contributed by atoms with Crippen LogP contribution in [0, 0.1) is 11.7 Å². The van der Waals surface area contributed by atoms with Crippen molar-refractivity contribution >= 4 is 11.9 Å². The smallest absolute Gasteiger partial charge is 0.326 e. The van der Waals surface area contributed by atoms with E-state index in [1.165, 1.54) is 18.2 Å². The first kappa shape index (κ1) is 14.5. The quantitative estimate of drug-likeness (QED) is 0.843. The zero-order valence-electron chi connectivity index (χ0n) is 10.8. The number of carboxylic acid groups (broad SMARTS) is 1. The summed E-state index contributed by atoms with van der Waals surface area (Å²) in [5.41, 5.74) is 0.528. The fourth-order valence-electron chi connectivity index (χ4n) is 2.13. The number of carbonyl (C=O) groups is 2. The van der Waals surface area contributed by atoms with Gasteiger partial charge in [-0.1, -0.05) is 12.1 Å². The van der Waals surface area contributed by atoms with E-state index in [1.54, 1.807) is 6.07 Å². The molecule has 0 spiro atoms. The van der Waals surface area contributed by atoms with Gasteiger partial charge in [0.2, 0.25) is 5.91 Å². The highest BCUT2D eigenvalue weighted by atomic mass is 19.1. The second kappa shape index (κ2) is 6.47. The third kappa shape index (κ3) is 3.77. The lowest BCUT2D eigenvalue weighted by Gasteiger charge is -2.17. The molecule has 0 aromatic heterocycles. The Kier molecular flexibility index (Phi) is 4.68. The Bertz CT molecular complexity index is 500. The van der Waals surface area contributed by atoms with E-state index in [-0.39, 0.29) is 18.2 Å². The average molecular weight is 281 g/mol. The van der Waals surface area contributed by atoms with Crippen LogP contribution in [0.4, 0.5) is 4.39 Å². The van der Waals surface area contributed by atoms with Crippen molar-refractivity contribution in [2.75, 3.05) is 13.2 Å². The molecular formula is C14H16FNO4. The fraction of sp³-hybridized carbons (Fsp3) is 0.429. The summed E-state index contributed by atoms with van der Waals surface area (Å²) in [5.74, 6) is -2.20. The summed E-state index contributed by atoms with van der Waals surface area (Å²) in [6, 6.07) is 4.62. The van der Waals surface area contributed by atoms with Crippen molar-refractivity contribution in [2.24, 2.45) is 5.92 Å². The van der Waals surface area contributed by atoms with E-state index in [0.717, 1.165) is 0 Å². The number of hydrogen-bond acceptors (Lipinski definition) is 3.